The number of carbonyl (C=O) groups is 1. The van der Waals surface area contributed by atoms with Crippen molar-refractivity contribution in [3.05, 3.63) is 47.8 Å². The number of methoxy groups -OCH3 is 2. The van der Waals surface area contributed by atoms with E-state index in [9.17, 15) is 9.18 Å². The summed E-state index contributed by atoms with van der Waals surface area (Å²) in [5.74, 6) is 1.18. The van der Waals surface area contributed by atoms with Crippen molar-refractivity contribution in [1.82, 2.24) is 10.3 Å². The van der Waals surface area contributed by atoms with Crippen molar-refractivity contribution in [3.63, 3.8) is 0 Å². The molecule has 0 atom stereocenters. The summed E-state index contributed by atoms with van der Waals surface area (Å²) in [6.45, 7) is 2.07. The predicted molar refractivity (Wildman–Crippen MR) is 121 cm³/mol. The van der Waals surface area contributed by atoms with Crippen LogP contribution in [-0.4, -0.2) is 44.7 Å². The highest BCUT2D eigenvalue weighted by Gasteiger charge is 2.26. The first-order chi connectivity index (χ1) is 15.1. The highest BCUT2D eigenvalue weighted by molar-refractivity contribution is 7.22. The molecule has 6 nitrogen and oxygen atoms in total. The Balaban J connectivity index is 1.27. The van der Waals surface area contributed by atoms with Gasteiger partial charge in [0.05, 0.1) is 18.9 Å². The second kappa shape index (κ2) is 9.51. The number of fused-ring (bicyclic) bond motifs is 1. The number of aromatic nitrogens is 1. The first kappa shape index (κ1) is 21.4. The van der Waals surface area contributed by atoms with Crippen LogP contribution in [0.4, 0.5) is 9.52 Å². The smallest absolute Gasteiger partial charge is 0.223 e. The van der Waals surface area contributed by atoms with Crippen LogP contribution in [0.25, 0.3) is 10.2 Å². The number of halogens is 1. The molecule has 2 heterocycles. The molecule has 1 amide bonds. The monoisotopic (exact) mass is 443 g/mol. The van der Waals surface area contributed by atoms with Crippen molar-refractivity contribution in [2.75, 3.05) is 38.8 Å². The van der Waals surface area contributed by atoms with Gasteiger partial charge in [-0.15, -0.1) is 0 Å². The van der Waals surface area contributed by atoms with E-state index in [-0.39, 0.29) is 17.6 Å². The SMILES string of the molecule is COc1ccc(CCNC(=O)C2CCN(c3nc4c(F)cccc4s3)CC2)cc1OC. The number of hydrogen-bond donors (Lipinski definition) is 1. The zero-order valence-electron chi connectivity index (χ0n) is 17.7. The lowest BCUT2D eigenvalue weighted by Crippen LogP contribution is -2.41. The van der Waals surface area contributed by atoms with Gasteiger partial charge in [-0.3, -0.25) is 4.79 Å². The summed E-state index contributed by atoms with van der Waals surface area (Å²) in [7, 11) is 3.22. The molecule has 1 saturated heterocycles. The fraction of sp³-hybridized carbons (Fsp3) is 0.391. The van der Waals surface area contributed by atoms with E-state index < -0.39 is 0 Å². The number of nitrogens with zero attached hydrogens (tertiary/aromatic N) is 2. The van der Waals surface area contributed by atoms with E-state index in [0.29, 0.717) is 23.6 Å². The molecule has 0 radical (unpaired) electrons. The Morgan fingerprint density at radius 2 is 1.97 bits per heavy atom. The van der Waals surface area contributed by atoms with Gasteiger partial charge in [0.15, 0.2) is 16.6 Å². The van der Waals surface area contributed by atoms with Gasteiger partial charge in [-0.25, -0.2) is 9.37 Å². The van der Waals surface area contributed by atoms with Gasteiger partial charge in [-0.2, -0.15) is 0 Å². The minimum absolute atomic E-state index is 0.00670. The van der Waals surface area contributed by atoms with Crippen molar-refractivity contribution in [2.24, 2.45) is 5.92 Å². The molecular formula is C23H26FN3O3S. The molecule has 0 bridgehead atoms. The fourth-order valence-electron chi connectivity index (χ4n) is 3.88. The van der Waals surface area contributed by atoms with Crippen molar-refractivity contribution in [1.29, 1.82) is 0 Å². The largest absolute Gasteiger partial charge is 0.493 e. The Hall–Kier alpha value is -2.87. The van der Waals surface area contributed by atoms with Gasteiger partial charge >= 0.3 is 0 Å². The number of rotatable bonds is 7. The third-order valence-corrected chi connectivity index (χ3v) is 6.74. The van der Waals surface area contributed by atoms with Crippen LogP contribution in [0.5, 0.6) is 11.5 Å². The molecule has 8 heteroatoms. The molecule has 0 unspecified atom stereocenters. The molecule has 1 aliphatic heterocycles. The van der Waals surface area contributed by atoms with Crippen LogP contribution in [0.3, 0.4) is 0 Å². The van der Waals surface area contributed by atoms with E-state index in [1.54, 1.807) is 20.3 Å². The summed E-state index contributed by atoms with van der Waals surface area (Å²) in [5, 5.41) is 3.88. The highest BCUT2D eigenvalue weighted by Crippen LogP contribution is 2.32. The van der Waals surface area contributed by atoms with E-state index in [4.69, 9.17) is 9.47 Å². The molecule has 3 aromatic rings. The molecule has 0 spiro atoms. The van der Waals surface area contributed by atoms with E-state index >= 15 is 0 Å². The Kier molecular flexibility index (Phi) is 6.56. The highest BCUT2D eigenvalue weighted by atomic mass is 32.1. The average Bonchev–Trinajstić information content (AvgIpc) is 3.25. The maximum Gasteiger partial charge on any atom is 0.223 e. The van der Waals surface area contributed by atoms with Gasteiger partial charge in [0.1, 0.15) is 11.3 Å². The molecule has 1 aromatic heterocycles. The normalized spacial score (nSPS) is 14.6. The number of anilines is 1. The zero-order chi connectivity index (χ0) is 21.8. The fourth-order valence-corrected chi connectivity index (χ4v) is 4.91. The number of para-hydroxylation sites is 1. The average molecular weight is 444 g/mol. The lowest BCUT2D eigenvalue weighted by atomic mass is 9.96. The molecule has 0 saturated carbocycles. The first-order valence-corrected chi connectivity index (χ1v) is 11.2. The minimum atomic E-state index is -0.288. The summed E-state index contributed by atoms with van der Waals surface area (Å²) in [6, 6.07) is 10.8. The van der Waals surface area contributed by atoms with E-state index in [1.807, 2.05) is 24.3 Å². The Morgan fingerprint density at radius 3 is 2.68 bits per heavy atom. The van der Waals surface area contributed by atoms with Gasteiger partial charge < -0.3 is 19.7 Å². The Morgan fingerprint density at radius 1 is 1.19 bits per heavy atom. The van der Waals surface area contributed by atoms with Crippen molar-refractivity contribution < 1.29 is 18.7 Å². The summed E-state index contributed by atoms with van der Waals surface area (Å²) in [5.41, 5.74) is 1.51. The molecule has 0 aliphatic carbocycles. The second-order valence-electron chi connectivity index (χ2n) is 7.57. The summed E-state index contributed by atoms with van der Waals surface area (Å²) in [4.78, 5) is 19.2. The van der Waals surface area contributed by atoms with Crippen LogP contribution in [0.1, 0.15) is 18.4 Å². The molecule has 2 aromatic carbocycles. The zero-order valence-corrected chi connectivity index (χ0v) is 18.5. The molecular weight excluding hydrogens is 417 g/mol. The van der Waals surface area contributed by atoms with Crippen LogP contribution < -0.4 is 19.7 Å². The van der Waals surface area contributed by atoms with E-state index in [2.05, 4.69) is 15.2 Å². The summed E-state index contributed by atoms with van der Waals surface area (Å²) >= 11 is 1.50. The Bertz CT molecular complexity index is 1060. The van der Waals surface area contributed by atoms with Crippen LogP contribution in [-0.2, 0) is 11.2 Å². The van der Waals surface area contributed by atoms with Gasteiger partial charge in [-0.05, 0) is 49.1 Å². The van der Waals surface area contributed by atoms with Gasteiger partial charge in [0.2, 0.25) is 5.91 Å². The maximum atomic E-state index is 13.9. The van der Waals surface area contributed by atoms with Gasteiger partial charge in [0.25, 0.3) is 0 Å². The maximum absolute atomic E-state index is 13.9. The third kappa shape index (κ3) is 4.74. The number of nitrogens with one attached hydrogen (secondary N) is 1. The quantitative estimate of drug-likeness (QED) is 0.597. The van der Waals surface area contributed by atoms with Crippen molar-refractivity contribution >= 4 is 32.6 Å². The number of ether oxygens (including phenoxy) is 2. The number of amides is 1. The van der Waals surface area contributed by atoms with Crippen LogP contribution in [0.15, 0.2) is 36.4 Å². The van der Waals surface area contributed by atoms with Crippen LogP contribution >= 0.6 is 11.3 Å². The molecule has 31 heavy (non-hydrogen) atoms. The topological polar surface area (TPSA) is 63.7 Å². The number of piperidine rings is 1. The van der Waals surface area contributed by atoms with E-state index in [0.717, 1.165) is 47.7 Å². The van der Waals surface area contributed by atoms with E-state index in [1.165, 1.54) is 17.4 Å². The molecule has 164 valence electrons. The summed E-state index contributed by atoms with van der Waals surface area (Å²) in [6.07, 6.45) is 2.25. The Labute approximate surface area is 185 Å². The molecule has 1 aliphatic rings. The third-order valence-electron chi connectivity index (χ3n) is 5.66. The number of thiazole rings is 1. The van der Waals surface area contributed by atoms with Gasteiger partial charge in [-0.1, -0.05) is 23.5 Å². The number of carbonyl (C=O) groups excluding carboxylic acids is 1. The molecule has 1 fully saturated rings. The predicted octanol–water partition coefficient (Wildman–Crippen LogP) is 4.03. The van der Waals surface area contributed by atoms with Crippen LogP contribution in [0.2, 0.25) is 0 Å². The van der Waals surface area contributed by atoms with Gasteiger partial charge in [0, 0.05) is 25.6 Å². The number of benzene rings is 2. The molecule has 4 rings (SSSR count). The minimum Gasteiger partial charge on any atom is -0.493 e. The van der Waals surface area contributed by atoms with Crippen molar-refractivity contribution in [2.45, 2.75) is 19.3 Å². The molecule has 1 N–H and O–H groups in total. The van der Waals surface area contributed by atoms with Crippen LogP contribution in [0, 0.1) is 11.7 Å². The lowest BCUT2D eigenvalue weighted by molar-refractivity contribution is -0.125. The second-order valence-corrected chi connectivity index (χ2v) is 8.58. The summed E-state index contributed by atoms with van der Waals surface area (Å²) < 4.78 is 25.4. The number of hydrogen-bond acceptors (Lipinski definition) is 6. The standard InChI is InChI=1S/C23H26FN3O3S/c1-29-18-7-6-15(14-19(18)30-2)8-11-25-22(28)16-9-12-27(13-10-16)23-26-21-17(24)4-3-5-20(21)31-23/h3-7,14,16H,8-13H2,1-2H3,(H,25,28). The van der Waals surface area contributed by atoms with Crippen molar-refractivity contribution in [3.8, 4) is 11.5 Å². The first-order valence-electron chi connectivity index (χ1n) is 10.4. The lowest BCUT2D eigenvalue weighted by Gasteiger charge is -2.31.